The van der Waals surface area contributed by atoms with Crippen molar-refractivity contribution in [3.8, 4) is 12.1 Å². The highest BCUT2D eigenvalue weighted by molar-refractivity contribution is 7.95. The summed E-state index contributed by atoms with van der Waals surface area (Å²) < 4.78 is 26.6. The summed E-state index contributed by atoms with van der Waals surface area (Å²) in [4.78, 5) is 0. The molecule has 0 aromatic heterocycles. The minimum Gasteiger partial charge on any atom is -0.486 e. The van der Waals surface area contributed by atoms with Gasteiger partial charge in [-0.25, -0.2) is 8.42 Å². The number of nitrogens with zero attached hydrogens (tertiary/aromatic N) is 2. The van der Waals surface area contributed by atoms with Gasteiger partial charge in [-0.15, -0.1) is 0 Å². The Bertz CT molecular complexity index is 375. The van der Waals surface area contributed by atoms with Gasteiger partial charge in [0.05, 0.1) is 17.5 Å². The average Bonchev–Trinajstić information content (AvgIpc) is 2.72. The Morgan fingerprint density at radius 2 is 2.00 bits per heavy atom. The molecule has 1 rings (SSSR count). The third kappa shape index (κ3) is 1.74. The molecule has 5 nitrogen and oxygen atoms in total. The van der Waals surface area contributed by atoms with Crippen LogP contribution in [-0.2, 0) is 14.6 Å². The fraction of sp³-hybridized carbons (Fsp3) is 0.333. The first-order chi connectivity index (χ1) is 5.60. The van der Waals surface area contributed by atoms with Gasteiger partial charge in [0.2, 0.25) is 15.1 Å². The van der Waals surface area contributed by atoms with Crippen LogP contribution in [0.2, 0.25) is 0 Å². The SMILES string of the molecule is N#CC(C#N)S(=O)(=O)C=C1CO1. The van der Waals surface area contributed by atoms with E-state index in [9.17, 15) is 8.42 Å². The Balaban J connectivity index is 2.94. The van der Waals surface area contributed by atoms with Crippen LogP contribution in [0.25, 0.3) is 0 Å². The van der Waals surface area contributed by atoms with Crippen LogP contribution in [0, 0.1) is 22.7 Å². The summed E-state index contributed by atoms with van der Waals surface area (Å²) in [5.41, 5.74) is 0. The molecule has 0 amide bonds. The molecule has 12 heavy (non-hydrogen) atoms. The Labute approximate surface area is 69.4 Å². The van der Waals surface area contributed by atoms with E-state index >= 15 is 0 Å². The summed E-state index contributed by atoms with van der Waals surface area (Å²) in [6, 6.07) is 2.75. The number of nitriles is 2. The fourth-order valence-corrected chi connectivity index (χ4v) is 1.47. The zero-order chi connectivity index (χ0) is 9.19. The van der Waals surface area contributed by atoms with Gasteiger partial charge in [-0.1, -0.05) is 0 Å². The summed E-state index contributed by atoms with van der Waals surface area (Å²) in [6.07, 6.45) is 0. The molecule has 1 fully saturated rings. The fourth-order valence-electron chi connectivity index (χ4n) is 0.537. The molecule has 0 spiro atoms. The van der Waals surface area contributed by atoms with Crippen molar-refractivity contribution in [2.24, 2.45) is 0 Å². The van der Waals surface area contributed by atoms with Crippen molar-refractivity contribution >= 4 is 9.84 Å². The Morgan fingerprint density at radius 1 is 1.50 bits per heavy atom. The highest BCUT2D eigenvalue weighted by atomic mass is 32.2. The topological polar surface area (TPSA) is 94.2 Å². The van der Waals surface area contributed by atoms with Crippen LogP contribution in [0.1, 0.15) is 0 Å². The lowest BCUT2D eigenvalue weighted by molar-refractivity contribution is 0.510. The number of sulfone groups is 1. The minimum atomic E-state index is -3.77. The van der Waals surface area contributed by atoms with E-state index in [1.807, 2.05) is 0 Å². The lowest BCUT2D eigenvalue weighted by Gasteiger charge is -1.93. The van der Waals surface area contributed by atoms with Crippen LogP contribution < -0.4 is 0 Å². The number of ether oxygens (including phenoxy) is 1. The van der Waals surface area contributed by atoms with Crippen LogP contribution in [0.15, 0.2) is 11.2 Å². The van der Waals surface area contributed by atoms with Gasteiger partial charge in [-0.3, -0.25) is 0 Å². The molecular weight excluding hydrogens is 180 g/mol. The second kappa shape index (κ2) is 2.84. The van der Waals surface area contributed by atoms with Crippen molar-refractivity contribution in [2.45, 2.75) is 5.25 Å². The number of hydrogen-bond acceptors (Lipinski definition) is 5. The predicted molar refractivity (Wildman–Crippen MR) is 38.0 cm³/mol. The third-order valence-electron chi connectivity index (χ3n) is 1.17. The highest BCUT2D eigenvalue weighted by Gasteiger charge is 2.27. The predicted octanol–water partition coefficient (Wildman–Crippen LogP) is -0.311. The molecule has 0 aliphatic carbocycles. The van der Waals surface area contributed by atoms with Gasteiger partial charge in [-0.05, 0) is 0 Å². The number of rotatable bonds is 2. The quantitative estimate of drug-likeness (QED) is 0.548. The van der Waals surface area contributed by atoms with Crippen LogP contribution in [0.4, 0.5) is 0 Å². The Morgan fingerprint density at radius 3 is 2.33 bits per heavy atom. The van der Waals surface area contributed by atoms with E-state index in [4.69, 9.17) is 10.5 Å². The van der Waals surface area contributed by atoms with E-state index in [2.05, 4.69) is 4.74 Å². The zero-order valence-corrected chi connectivity index (χ0v) is 6.71. The Hall–Kier alpha value is -1.53. The van der Waals surface area contributed by atoms with Crippen molar-refractivity contribution in [3.63, 3.8) is 0 Å². The lowest BCUT2D eigenvalue weighted by atomic mass is 10.5. The summed E-state index contributed by atoms with van der Waals surface area (Å²) >= 11 is 0. The van der Waals surface area contributed by atoms with Crippen molar-refractivity contribution in [1.82, 2.24) is 0 Å². The van der Waals surface area contributed by atoms with Gasteiger partial charge < -0.3 is 4.74 Å². The second-order valence-corrected chi connectivity index (χ2v) is 3.99. The molecule has 6 heteroatoms. The first kappa shape index (κ1) is 8.57. The van der Waals surface area contributed by atoms with Crippen molar-refractivity contribution in [1.29, 1.82) is 10.5 Å². The molecule has 0 aromatic carbocycles. The zero-order valence-electron chi connectivity index (χ0n) is 5.89. The van der Waals surface area contributed by atoms with Gasteiger partial charge in [0.1, 0.15) is 12.4 Å². The third-order valence-corrected chi connectivity index (χ3v) is 2.63. The molecule has 0 unspecified atom stereocenters. The molecular formula is C6H4N2O3S. The maximum atomic E-state index is 11.0. The normalized spacial score (nSPS) is 18.1. The standard InChI is InChI=1S/C6H4N2O3S/c7-1-6(2-8)12(9,10)4-5-3-11-5/h4,6H,3H2. The van der Waals surface area contributed by atoms with E-state index in [-0.39, 0.29) is 6.61 Å². The van der Waals surface area contributed by atoms with Gasteiger partial charge >= 0.3 is 0 Å². The van der Waals surface area contributed by atoms with Crippen molar-refractivity contribution in [2.75, 3.05) is 6.61 Å². The highest BCUT2D eigenvalue weighted by Crippen LogP contribution is 2.17. The van der Waals surface area contributed by atoms with E-state index in [0.29, 0.717) is 5.76 Å². The molecule has 0 saturated carbocycles. The smallest absolute Gasteiger partial charge is 0.237 e. The van der Waals surface area contributed by atoms with E-state index in [1.165, 1.54) is 12.1 Å². The summed E-state index contributed by atoms with van der Waals surface area (Å²) in [5, 5.41) is 15.7. The van der Waals surface area contributed by atoms with Gasteiger partial charge in [0.15, 0.2) is 0 Å². The summed E-state index contributed by atoms with van der Waals surface area (Å²) in [6.45, 7) is 0.267. The number of epoxide rings is 1. The first-order valence-corrected chi connectivity index (χ1v) is 4.57. The van der Waals surface area contributed by atoms with E-state index in [1.54, 1.807) is 0 Å². The molecule has 0 aromatic rings. The molecule has 1 heterocycles. The monoisotopic (exact) mass is 184 g/mol. The maximum absolute atomic E-state index is 11.0. The maximum Gasteiger partial charge on any atom is 0.237 e. The van der Waals surface area contributed by atoms with Crippen LogP contribution >= 0.6 is 0 Å². The molecule has 0 atom stereocenters. The molecule has 1 aliphatic heterocycles. The van der Waals surface area contributed by atoms with Gasteiger partial charge in [0, 0.05) is 0 Å². The molecule has 1 aliphatic rings. The number of hydrogen-bond donors (Lipinski definition) is 0. The average molecular weight is 184 g/mol. The minimum absolute atomic E-state index is 0.267. The van der Waals surface area contributed by atoms with Crippen LogP contribution in [0.5, 0.6) is 0 Å². The largest absolute Gasteiger partial charge is 0.486 e. The molecule has 0 radical (unpaired) electrons. The van der Waals surface area contributed by atoms with E-state index < -0.39 is 15.1 Å². The summed E-state index contributed by atoms with van der Waals surface area (Å²) in [5.74, 6) is 0.297. The molecule has 62 valence electrons. The van der Waals surface area contributed by atoms with Crippen LogP contribution in [-0.4, -0.2) is 20.3 Å². The summed E-state index contributed by atoms with van der Waals surface area (Å²) in [7, 11) is -3.77. The second-order valence-electron chi connectivity index (χ2n) is 2.10. The molecule has 0 bridgehead atoms. The van der Waals surface area contributed by atoms with Gasteiger partial charge in [-0.2, -0.15) is 10.5 Å². The lowest BCUT2D eigenvalue weighted by Crippen LogP contribution is -2.14. The first-order valence-electron chi connectivity index (χ1n) is 2.96. The van der Waals surface area contributed by atoms with Crippen molar-refractivity contribution in [3.05, 3.63) is 11.2 Å². The van der Waals surface area contributed by atoms with Crippen LogP contribution in [0.3, 0.4) is 0 Å². The molecule has 1 saturated heterocycles. The van der Waals surface area contributed by atoms with Crippen molar-refractivity contribution < 1.29 is 13.2 Å². The van der Waals surface area contributed by atoms with Gasteiger partial charge in [0.25, 0.3) is 0 Å². The molecule has 0 N–H and O–H groups in total. The van der Waals surface area contributed by atoms with E-state index in [0.717, 1.165) is 5.41 Å². The Kier molecular flexibility index (Phi) is 2.03.